The average Bonchev–Trinajstić information content (AvgIpc) is 2.82. The predicted molar refractivity (Wildman–Crippen MR) is 81.8 cm³/mol. The first-order valence-corrected chi connectivity index (χ1v) is 8.05. The van der Waals surface area contributed by atoms with Crippen molar-refractivity contribution in [3.63, 3.8) is 0 Å². The molecule has 2 fully saturated rings. The Labute approximate surface area is 127 Å². The van der Waals surface area contributed by atoms with Gasteiger partial charge in [0.2, 0.25) is 0 Å². The van der Waals surface area contributed by atoms with E-state index in [0.29, 0.717) is 24.5 Å². The molecule has 0 radical (unpaired) electrons. The Bertz CT molecular complexity index is 461. The molecule has 0 saturated carbocycles. The van der Waals surface area contributed by atoms with Crippen LogP contribution in [0.4, 0.5) is 0 Å². The monoisotopic (exact) mass is 290 g/mol. The van der Waals surface area contributed by atoms with Crippen LogP contribution >= 0.6 is 0 Å². The van der Waals surface area contributed by atoms with Crippen LogP contribution in [0.3, 0.4) is 0 Å². The highest BCUT2D eigenvalue weighted by Crippen LogP contribution is 2.44. The van der Waals surface area contributed by atoms with Crippen molar-refractivity contribution >= 4 is 0 Å². The van der Waals surface area contributed by atoms with Gasteiger partial charge in [0.25, 0.3) is 0 Å². The topological polar surface area (TPSA) is 27.7 Å². The summed E-state index contributed by atoms with van der Waals surface area (Å²) >= 11 is 0. The van der Waals surface area contributed by atoms with Gasteiger partial charge in [-0.1, -0.05) is 44.2 Å². The molecule has 3 nitrogen and oxygen atoms in total. The zero-order valence-electron chi connectivity index (χ0n) is 13.2. The minimum absolute atomic E-state index is 0.229. The van der Waals surface area contributed by atoms with Crippen LogP contribution in [0.1, 0.15) is 39.2 Å². The smallest absolute Gasteiger partial charge is 0.166 e. The van der Waals surface area contributed by atoms with E-state index >= 15 is 0 Å². The second-order valence-electron chi connectivity index (χ2n) is 6.75. The third-order valence-corrected chi connectivity index (χ3v) is 4.83. The molecule has 3 heteroatoms. The number of hydrogen-bond donors (Lipinski definition) is 0. The van der Waals surface area contributed by atoms with Gasteiger partial charge in [0.1, 0.15) is 0 Å². The lowest BCUT2D eigenvalue weighted by Gasteiger charge is -2.42. The van der Waals surface area contributed by atoms with Crippen LogP contribution in [0.5, 0.6) is 0 Å². The lowest BCUT2D eigenvalue weighted by Crippen LogP contribution is -2.49. The quantitative estimate of drug-likeness (QED) is 0.826. The molecule has 21 heavy (non-hydrogen) atoms. The molecule has 1 aromatic carbocycles. The van der Waals surface area contributed by atoms with E-state index in [1.807, 2.05) is 18.2 Å². The van der Waals surface area contributed by atoms with Crippen molar-refractivity contribution in [2.75, 3.05) is 6.61 Å². The van der Waals surface area contributed by atoms with Gasteiger partial charge in [0.05, 0.1) is 25.4 Å². The van der Waals surface area contributed by atoms with Crippen LogP contribution in [0.25, 0.3) is 0 Å². The summed E-state index contributed by atoms with van der Waals surface area (Å²) in [5, 5.41) is 0. The second kappa shape index (κ2) is 6.07. The number of hydrogen-bond acceptors (Lipinski definition) is 3. The molecule has 3 rings (SSSR count). The van der Waals surface area contributed by atoms with Gasteiger partial charge < -0.3 is 14.2 Å². The van der Waals surface area contributed by atoms with Crippen molar-refractivity contribution in [3.05, 3.63) is 35.9 Å². The maximum atomic E-state index is 6.24. The molecular formula is C18H26O3. The molecule has 0 unspecified atom stereocenters. The summed E-state index contributed by atoms with van der Waals surface area (Å²) in [6.07, 6.45) is 2.71. The summed E-state index contributed by atoms with van der Waals surface area (Å²) in [6.45, 7) is 7.94. The molecular weight excluding hydrogens is 264 g/mol. The molecule has 0 N–H and O–H groups in total. The van der Waals surface area contributed by atoms with Crippen LogP contribution < -0.4 is 0 Å². The molecule has 0 amide bonds. The molecule has 0 aliphatic carbocycles. The predicted octanol–water partition coefficient (Wildman–Crippen LogP) is 3.77. The lowest BCUT2D eigenvalue weighted by atomic mass is 9.88. The normalized spacial score (nSPS) is 36.6. The highest BCUT2D eigenvalue weighted by molar-refractivity contribution is 5.13. The van der Waals surface area contributed by atoms with Crippen molar-refractivity contribution in [3.8, 4) is 0 Å². The summed E-state index contributed by atoms with van der Waals surface area (Å²) < 4.78 is 18.1. The molecule has 116 valence electrons. The zero-order valence-corrected chi connectivity index (χ0v) is 13.2. The summed E-state index contributed by atoms with van der Waals surface area (Å²) in [5.41, 5.74) is 1.22. The minimum Gasteiger partial charge on any atom is -0.376 e. The maximum Gasteiger partial charge on any atom is 0.166 e. The van der Waals surface area contributed by atoms with E-state index in [-0.39, 0.29) is 11.9 Å². The Morgan fingerprint density at radius 1 is 1.29 bits per heavy atom. The Balaban J connectivity index is 1.52. The highest BCUT2D eigenvalue weighted by Gasteiger charge is 2.49. The van der Waals surface area contributed by atoms with E-state index in [1.54, 1.807) is 0 Å². The molecule has 1 aromatic rings. The number of rotatable bonds is 5. The number of ether oxygens (including phenoxy) is 3. The molecule has 2 aliphatic heterocycles. The van der Waals surface area contributed by atoms with Gasteiger partial charge in [-0.3, -0.25) is 0 Å². The van der Waals surface area contributed by atoms with Crippen molar-refractivity contribution in [1.82, 2.24) is 0 Å². The van der Waals surface area contributed by atoms with Gasteiger partial charge >= 0.3 is 0 Å². The van der Waals surface area contributed by atoms with Crippen molar-refractivity contribution in [2.45, 2.75) is 58.2 Å². The van der Waals surface area contributed by atoms with E-state index in [2.05, 4.69) is 32.9 Å². The van der Waals surface area contributed by atoms with Crippen LogP contribution in [0.15, 0.2) is 30.3 Å². The summed E-state index contributed by atoms with van der Waals surface area (Å²) in [6, 6.07) is 10.3. The molecule has 2 heterocycles. The van der Waals surface area contributed by atoms with Gasteiger partial charge in [-0.15, -0.1) is 0 Å². The van der Waals surface area contributed by atoms with Crippen molar-refractivity contribution in [2.24, 2.45) is 11.8 Å². The Kier molecular flexibility index (Phi) is 4.34. The van der Waals surface area contributed by atoms with Crippen molar-refractivity contribution in [1.29, 1.82) is 0 Å². The standard InChI is InChI=1S/C18H26O3/c1-13(11-19-12-15-7-5-4-6-8-15)17-14(2)16-9-10-18(3,20-16)21-17/h4-8,13-14,16-17H,9-12H2,1-3H3/t13-,14-,16+,17+,18+/m1/s1. The van der Waals surface area contributed by atoms with E-state index in [4.69, 9.17) is 14.2 Å². The van der Waals surface area contributed by atoms with Gasteiger partial charge in [0, 0.05) is 18.3 Å². The first kappa shape index (κ1) is 15.0. The summed E-state index contributed by atoms with van der Waals surface area (Å²) in [5.74, 6) is 0.457. The fourth-order valence-electron chi connectivity index (χ4n) is 3.57. The first-order chi connectivity index (χ1) is 10.1. The molecule has 0 spiro atoms. The third-order valence-electron chi connectivity index (χ3n) is 4.83. The summed E-state index contributed by atoms with van der Waals surface area (Å²) in [4.78, 5) is 0. The van der Waals surface area contributed by atoms with E-state index in [9.17, 15) is 0 Å². The minimum atomic E-state index is -0.366. The van der Waals surface area contributed by atoms with Gasteiger partial charge in [0.15, 0.2) is 5.79 Å². The zero-order chi connectivity index (χ0) is 14.9. The van der Waals surface area contributed by atoms with Crippen LogP contribution in [-0.4, -0.2) is 24.6 Å². The first-order valence-electron chi connectivity index (χ1n) is 8.05. The van der Waals surface area contributed by atoms with Crippen LogP contribution in [0.2, 0.25) is 0 Å². The Hall–Kier alpha value is -0.900. The van der Waals surface area contributed by atoms with Crippen molar-refractivity contribution < 1.29 is 14.2 Å². The average molecular weight is 290 g/mol. The fourth-order valence-corrected chi connectivity index (χ4v) is 3.57. The number of fused-ring (bicyclic) bond motifs is 2. The summed E-state index contributed by atoms with van der Waals surface area (Å²) in [7, 11) is 0. The third kappa shape index (κ3) is 3.31. The Morgan fingerprint density at radius 2 is 2.05 bits per heavy atom. The van der Waals surface area contributed by atoms with Crippen LogP contribution in [0, 0.1) is 11.8 Å². The molecule has 2 saturated heterocycles. The van der Waals surface area contributed by atoms with Gasteiger partial charge in [-0.25, -0.2) is 0 Å². The molecule has 2 bridgehead atoms. The van der Waals surface area contributed by atoms with Gasteiger partial charge in [-0.2, -0.15) is 0 Å². The molecule has 0 aromatic heterocycles. The molecule has 5 atom stereocenters. The van der Waals surface area contributed by atoms with E-state index in [0.717, 1.165) is 19.4 Å². The fraction of sp³-hybridized carbons (Fsp3) is 0.667. The Morgan fingerprint density at radius 3 is 2.81 bits per heavy atom. The number of benzene rings is 1. The molecule has 2 aliphatic rings. The van der Waals surface area contributed by atoms with Crippen LogP contribution in [-0.2, 0) is 20.8 Å². The second-order valence-corrected chi connectivity index (χ2v) is 6.75. The van der Waals surface area contributed by atoms with Gasteiger partial charge in [-0.05, 0) is 18.9 Å². The SMILES string of the molecule is C[C@H]1[C@H]([C@H](C)COCc2ccccc2)O[C@@]2(C)CC[C@@H]1O2. The van der Waals surface area contributed by atoms with E-state index in [1.165, 1.54) is 5.56 Å². The lowest BCUT2D eigenvalue weighted by molar-refractivity contribution is -0.305. The maximum absolute atomic E-state index is 6.24. The van der Waals surface area contributed by atoms with E-state index < -0.39 is 0 Å². The largest absolute Gasteiger partial charge is 0.376 e. The highest BCUT2D eigenvalue weighted by atomic mass is 16.7.